The Hall–Kier alpha value is -0.910. The largest absolute Gasteiger partial charge is 0.397 e. The van der Waals surface area contributed by atoms with Gasteiger partial charge in [0.2, 0.25) is 5.79 Å². The van der Waals surface area contributed by atoms with E-state index < -0.39 is 11.9 Å². The molecule has 1 aliphatic heterocycles. The highest BCUT2D eigenvalue weighted by Crippen LogP contribution is 2.42. The molecule has 1 saturated heterocycles. The highest BCUT2D eigenvalue weighted by atomic mass is 16.7. The minimum atomic E-state index is -1.07. The van der Waals surface area contributed by atoms with E-state index in [1.54, 1.807) is 0 Å². The van der Waals surface area contributed by atoms with Crippen LogP contribution < -0.4 is 5.73 Å². The molecule has 1 fully saturated rings. The van der Waals surface area contributed by atoms with Crippen molar-refractivity contribution in [1.82, 2.24) is 0 Å². The maximum absolute atomic E-state index is 11.2. The number of hydrogen-bond acceptors (Lipinski definition) is 5. The van der Waals surface area contributed by atoms with Gasteiger partial charge in [0.1, 0.15) is 0 Å². The molecule has 0 bridgehead atoms. The molecule has 13 heavy (non-hydrogen) atoms. The Morgan fingerprint density at radius 2 is 2.15 bits per heavy atom. The Morgan fingerprint density at radius 1 is 1.54 bits per heavy atom. The number of rotatable bonds is 2. The van der Waals surface area contributed by atoms with Crippen molar-refractivity contribution in [2.24, 2.45) is 5.73 Å². The van der Waals surface area contributed by atoms with E-state index in [9.17, 15) is 4.79 Å². The van der Waals surface area contributed by atoms with Gasteiger partial charge in [-0.25, -0.2) is 0 Å². The summed E-state index contributed by atoms with van der Waals surface area (Å²) in [6.45, 7) is 0. The van der Waals surface area contributed by atoms with Gasteiger partial charge >= 0.3 is 0 Å². The van der Waals surface area contributed by atoms with Gasteiger partial charge in [-0.15, -0.1) is 0 Å². The Labute approximate surface area is 75.4 Å². The predicted octanol–water partition coefficient (Wildman–Crippen LogP) is -0.832. The second-order valence-electron chi connectivity index (χ2n) is 3.06. The van der Waals surface area contributed by atoms with Crippen LogP contribution in [-0.4, -0.2) is 38.0 Å². The quantitative estimate of drug-likeness (QED) is 0.449. The third kappa shape index (κ3) is 0.948. The molecule has 0 aromatic carbocycles. The van der Waals surface area contributed by atoms with Gasteiger partial charge in [-0.1, -0.05) is 0 Å². The molecule has 2 N–H and O–H groups in total. The molecule has 0 unspecified atom stereocenters. The molecule has 2 aliphatic rings. The third-order valence-corrected chi connectivity index (χ3v) is 2.45. The fourth-order valence-electron chi connectivity index (χ4n) is 1.67. The van der Waals surface area contributed by atoms with Crippen molar-refractivity contribution < 1.29 is 19.0 Å². The Bertz CT molecular complexity index is 282. The maximum atomic E-state index is 11.2. The standard InChI is InChI=1S/C8H11NO4/c1-11-8(12-2)5(9)3-4(10)6-7(8)13-6/h3,6-7H,9H2,1-2H3/t6-,7-/m0/s1. The van der Waals surface area contributed by atoms with Gasteiger partial charge in [0.25, 0.3) is 0 Å². The fourth-order valence-corrected chi connectivity index (χ4v) is 1.67. The molecule has 0 aromatic rings. The van der Waals surface area contributed by atoms with Gasteiger partial charge in [0.15, 0.2) is 18.0 Å². The summed E-state index contributed by atoms with van der Waals surface area (Å²) in [6, 6.07) is 0. The maximum Gasteiger partial charge on any atom is 0.239 e. The van der Waals surface area contributed by atoms with Crippen LogP contribution in [0.4, 0.5) is 0 Å². The zero-order chi connectivity index (χ0) is 9.64. The van der Waals surface area contributed by atoms with Gasteiger partial charge in [-0.05, 0) is 0 Å². The molecule has 1 aliphatic carbocycles. The van der Waals surface area contributed by atoms with Crippen molar-refractivity contribution >= 4 is 5.78 Å². The van der Waals surface area contributed by atoms with Crippen molar-refractivity contribution in [2.75, 3.05) is 14.2 Å². The first-order valence-corrected chi connectivity index (χ1v) is 3.93. The molecular formula is C8H11NO4. The highest BCUT2D eigenvalue weighted by Gasteiger charge is 2.63. The van der Waals surface area contributed by atoms with Gasteiger partial charge in [0, 0.05) is 20.3 Å². The number of epoxide rings is 1. The van der Waals surface area contributed by atoms with Crippen molar-refractivity contribution in [2.45, 2.75) is 18.0 Å². The molecule has 2 rings (SSSR count). The molecule has 5 heteroatoms. The summed E-state index contributed by atoms with van der Waals surface area (Å²) in [5, 5.41) is 0. The van der Waals surface area contributed by atoms with E-state index in [0.717, 1.165) is 0 Å². The number of carbonyl (C=O) groups excluding carboxylic acids is 1. The Balaban J connectivity index is 2.38. The average molecular weight is 185 g/mol. The lowest BCUT2D eigenvalue weighted by atomic mass is 9.97. The SMILES string of the molecule is COC1(OC)C(N)=CC(=O)[C@@H]2O[C@@H]21. The predicted molar refractivity (Wildman–Crippen MR) is 42.7 cm³/mol. The molecule has 2 atom stereocenters. The molecule has 1 heterocycles. The van der Waals surface area contributed by atoms with Crippen LogP contribution in [0.3, 0.4) is 0 Å². The fraction of sp³-hybridized carbons (Fsp3) is 0.625. The van der Waals surface area contributed by atoms with Crippen LogP contribution in [0.5, 0.6) is 0 Å². The smallest absolute Gasteiger partial charge is 0.239 e. The lowest BCUT2D eigenvalue weighted by Gasteiger charge is -2.31. The van der Waals surface area contributed by atoms with E-state index in [1.807, 2.05) is 0 Å². The zero-order valence-electron chi connectivity index (χ0n) is 7.44. The van der Waals surface area contributed by atoms with Crippen molar-refractivity contribution in [3.05, 3.63) is 11.8 Å². The first-order valence-electron chi connectivity index (χ1n) is 3.93. The minimum Gasteiger partial charge on any atom is -0.397 e. The second-order valence-corrected chi connectivity index (χ2v) is 3.06. The number of nitrogens with two attached hydrogens (primary N) is 1. The summed E-state index contributed by atoms with van der Waals surface area (Å²) in [6.07, 6.45) is 0.480. The molecule has 5 nitrogen and oxygen atoms in total. The lowest BCUT2D eigenvalue weighted by molar-refractivity contribution is -0.192. The van der Waals surface area contributed by atoms with Crippen LogP contribution in [0.15, 0.2) is 11.8 Å². The Kier molecular flexibility index (Phi) is 1.69. The number of carbonyl (C=O) groups is 1. The van der Waals surface area contributed by atoms with Crippen molar-refractivity contribution in [3.8, 4) is 0 Å². The summed E-state index contributed by atoms with van der Waals surface area (Å²) in [4.78, 5) is 11.2. The molecule has 0 amide bonds. The van der Waals surface area contributed by atoms with Crippen LogP contribution in [-0.2, 0) is 19.0 Å². The van der Waals surface area contributed by atoms with E-state index in [1.165, 1.54) is 20.3 Å². The van der Waals surface area contributed by atoms with E-state index in [-0.39, 0.29) is 17.6 Å². The van der Waals surface area contributed by atoms with E-state index in [0.29, 0.717) is 0 Å². The number of methoxy groups -OCH3 is 2. The van der Waals surface area contributed by atoms with Crippen LogP contribution >= 0.6 is 0 Å². The van der Waals surface area contributed by atoms with Crippen LogP contribution in [0.2, 0.25) is 0 Å². The molecular weight excluding hydrogens is 174 g/mol. The van der Waals surface area contributed by atoms with Gasteiger partial charge in [-0.2, -0.15) is 0 Å². The number of ether oxygens (including phenoxy) is 3. The lowest BCUT2D eigenvalue weighted by Crippen LogP contribution is -2.49. The Morgan fingerprint density at radius 3 is 2.69 bits per heavy atom. The summed E-state index contributed by atoms with van der Waals surface area (Å²) in [5.74, 6) is -1.19. The summed E-state index contributed by atoms with van der Waals surface area (Å²) in [5.41, 5.74) is 5.92. The van der Waals surface area contributed by atoms with Gasteiger partial charge in [0.05, 0.1) is 5.70 Å². The zero-order valence-corrected chi connectivity index (χ0v) is 7.44. The summed E-state index contributed by atoms with van der Waals surface area (Å²) in [7, 11) is 2.94. The summed E-state index contributed by atoms with van der Waals surface area (Å²) < 4.78 is 15.4. The molecule has 0 aromatic heterocycles. The molecule has 0 saturated carbocycles. The monoisotopic (exact) mass is 185 g/mol. The number of hydrogen-bond donors (Lipinski definition) is 1. The van der Waals surface area contributed by atoms with Crippen molar-refractivity contribution in [3.63, 3.8) is 0 Å². The van der Waals surface area contributed by atoms with Gasteiger partial charge in [-0.3, -0.25) is 4.79 Å². The van der Waals surface area contributed by atoms with Gasteiger partial charge < -0.3 is 19.9 Å². The first kappa shape index (κ1) is 8.68. The number of ketones is 1. The second kappa shape index (κ2) is 2.54. The number of fused-ring (bicyclic) bond motifs is 1. The van der Waals surface area contributed by atoms with Crippen molar-refractivity contribution in [1.29, 1.82) is 0 Å². The van der Waals surface area contributed by atoms with E-state index >= 15 is 0 Å². The third-order valence-electron chi connectivity index (χ3n) is 2.45. The molecule has 72 valence electrons. The van der Waals surface area contributed by atoms with Crippen LogP contribution in [0, 0.1) is 0 Å². The normalized spacial score (nSPS) is 35.2. The summed E-state index contributed by atoms with van der Waals surface area (Å²) >= 11 is 0. The topological polar surface area (TPSA) is 74.1 Å². The van der Waals surface area contributed by atoms with E-state index in [2.05, 4.69) is 0 Å². The van der Waals surface area contributed by atoms with Crippen LogP contribution in [0.1, 0.15) is 0 Å². The minimum absolute atomic E-state index is 0.118. The molecule has 0 spiro atoms. The first-order chi connectivity index (χ1) is 6.15. The van der Waals surface area contributed by atoms with Crippen LogP contribution in [0.25, 0.3) is 0 Å². The molecule has 0 radical (unpaired) electrons. The van der Waals surface area contributed by atoms with E-state index in [4.69, 9.17) is 19.9 Å². The average Bonchev–Trinajstić information content (AvgIpc) is 2.87. The highest BCUT2D eigenvalue weighted by molar-refractivity contribution is 5.98.